The molecule has 1 aromatic heterocycles. The Hall–Kier alpha value is -2.45. The molecule has 0 fully saturated rings. The molecule has 1 atom stereocenters. The molecular weight excluding hydrogens is 312 g/mol. The van der Waals surface area contributed by atoms with E-state index in [0.717, 1.165) is 29.8 Å². The van der Waals surface area contributed by atoms with Crippen LogP contribution in [0.4, 0.5) is 0 Å². The molecule has 1 heterocycles. The molecule has 1 aromatic carbocycles. The van der Waals surface area contributed by atoms with E-state index in [4.69, 9.17) is 10.5 Å². The predicted octanol–water partition coefficient (Wildman–Crippen LogP) is 3.72. The number of aryl methyl sites for hydroxylation is 1. The standard InChI is InChI=1S/C20H26N4O/c1-5-17-9-18(24-13-23-17)15-6-7-19(16(8-15)11-21)25-12-20(4,22)10-14(2)3/h6-9,13-14H,5,10,12,22H2,1-4H3/t20-/m0/s1. The summed E-state index contributed by atoms with van der Waals surface area (Å²) in [6, 6.07) is 9.67. The van der Waals surface area contributed by atoms with E-state index in [1.165, 1.54) is 0 Å². The molecule has 0 saturated carbocycles. The van der Waals surface area contributed by atoms with Crippen molar-refractivity contribution in [3.8, 4) is 23.1 Å². The normalized spacial score (nSPS) is 13.3. The average Bonchev–Trinajstić information content (AvgIpc) is 2.58. The van der Waals surface area contributed by atoms with Gasteiger partial charge in [-0.3, -0.25) is 0 Å². The maximum absolute atomic E-state index is 9.47. The van der Waals surface area contributed by atoms with E-state index >= 15 is 0 Å². The van der Waals surface area contributed by atoms with Crippen LogP contribution in [0.15, 0.2) is 30.6 Å². The first-order valence-corrected chi connectivity index (χ1v) is 8.61. The molecule has 2 N–H and O–H groups in total. The summed E-state index contributed by atoms with van der Waals surface area (Å²) in [6.45, 7) is 8.65. The monoisotopic (exact) mass is 338 g/mol. The molecule has 0 amide bonds. The highest BCUT2D eigenvalue weighted by Crippen LogP contribution is 2.26. The molecular formula is C20H26N4O. The van der Waals surface area contributed by atoms with Gasteiger partial charge in [-0.1, -0.05) is 20.8 Å². The zero-order chi connectivity index (χ0) is 18.4. The smallest absolute Gasteiger partial charge is 0.137 e. The second-order valence-electron chi connectivity index (χ2n) is 7.11. The fourth-order valence-electron chi connectivity index (χ4n) is 2.89. The number of nitrogens with two attached hydrogens (primary N) is 1. The summed E-state index contributed by atoms with van der Waals surface area (Å²) in [5.41, 5.74) is 8.98. The van der Waals surface area contributed by atoms with E-state index in [9.17, 15) is 5.26 Å². The van der Waals surface area contributed by atoms with E-state index in [2.05, 4.69) is 29.9 Å². The Kier molecular flexibility index (Phi) is 6.11. The number of aromatic nitrogens is 2. The maximum Gasteiger partial charge on any atom is 0.137 e. The topological polar surface area (TPSA) is 84.8 Å². The zero-order valence-corrected chi connectivity index (χ0v) is 15.4. The van der Waals surface area contributed by atoms with Crippen LogP contribution >= 0.6 is 0 Å². The number of hydrogen-bond donors (Lipinski definition) is 1. The minimum atomic E-state index is -0.428. The second-order valence-corrected chi connectivity index (χ2v) is 7.11. The molecule has 0 aliphatic rings. The molecule has 2 rings (SSSR count). The van der Waals surface area contributed by atoms with E-state index in [1.807, 2.05) is 32.0 Å². The fraction of sp³-hybridized carbons (Fsp3) is 0.450. The summed E-state index contributed by atoms with van der Waals surface area (Å²) < 4.78 is 5.85. The first-order chi connectivity index (χ1) is 11.8. The molecule has 5 heteroatoms. The molecule has 0 spiro atoms. The molecule has 0 radical (unpaired) electrons. The molecule has 25 heavy (non-hydrogen) atoms. The van der Waals surface area contributed by atoms with Gasteiger partial charge in [0.1, 0.15) is 24.8 Å². The summed E-state index contributed by atoms with van der Waals surface area (Å²) in [6.07, 6.45) is 3.25. The van der Waals surface area contributed by atoms with Gasteiger partial charge in [0.2, 0.25) is 0 Å². The quantitative estimate of drug-likeness (QED) is 0.831. The van der Waals surface area contributed by atoms with Gasteiger partial charge in [0.05, 0.1) is 11.3 Å². The lowest BCUT2D eigenvalue weighted by atomic mass is 9.93. The van der Waals surface area contributed by atoms with Crippen LogP contribution in [0, 0.1) is 17.2 Å². The molecule has 0 aliphatic heterocycles. The average molecular weight is 338 g/mol. The predicted molar refractivity (Wildman–Crippen MR) is 99.1 cm³/mol. The van der Waals surface area contributed by atoms with Gasteiger partial charge in [-0.2, -0.15) is 5.26 Å². The van der Waals surface area contributed by atoms with Gasteiger partial charge in [0.25, 0.3) is 0 Å². The molecule has 2 aromatic rings. The Morgan fingerprint density at radius 3 is 2.68 bits per heavy atom. The lowest BCUT2D eigenvalue weighted by Crippen LogP contribution is -2.43. The van der Waals surface area contributed by atoms with Gasteiger partial charge in [0.15, 0.2) is 0 Å². The highest BCUT2D eigenvalue weighted by atomic mass is 16.5. The van der Waals surface area contributed by atoms with Crippen molar-refractivity contribution in [1.29, 1.82) is 5.26 Å². The van der Waals surface area contributed by atoms with Gasteiger partial charge in [-0.25, -0.2) is 9.97 Å². The second kappa shape index (κ2) is 8.09. The fourth-order valence-corrected chi connectivity index (χ4v) is 2.89. The van der Waals surface area contributed by atoms with Crippen LogP contribution in [-0.2, 0) is 6.42 Å². The van der Waals surface area contributed by atoms with Crippen molar-refractivity contribution in [3.63, 3.8) is 0 Å². The van der Waals surface area contributed by atoms with E-state index < -0.39 is 5.54 Å². The van der Waals surface area contributed by atoms with Crippen molar-refractivity contribution in [1.82, 2.24) is 9.97 Å². The van der Waals surface area contributed by atoms with Gasteiger partial charge in [-0.15, -0.1) is 0 Å². The summed E-state index contributed by atoms with van der Waals surface area (Å²) in [5, 5.41) is 9.47. The Balaban J connectivity index is 2.21. The Labute approximate surface area is 149 Å². The molecule has 132 valence electrons. The third-order valence-electron chi connectivity index (χ3n) is 3.91. The summed E-state index contributed by atoms with van der Waals surface area (Å²) in [5.74, 6) is 1.04. The zero-order valence-electron chi connectivity index (χ0n) is 15.4. The first kappa shape index (κ1) is 18.9. The van der Waals surface area contributed by atoms with Crippen molar-refractivity contribution in [3.05, 3.63) is 41.9 Å². The minimum Gasteiger partial charge on any atom is -0.490 e. The van der Waals surface area contributed by atoms with Gasteiger partial charge >= 0.3 is 0 Å². The number of nitriles is 1. The number of ether oxygens (including phenoxy) is 1. The largest absolute Gasteiger partial charge is 0.490 e. The summed E-state index contributed by atoms with van der Waals surface area (Å²) in [7, 11) is 0. The lowest BCUT2D eigenvalue weighted by Gasteiger charge is -2.26. The van der Waals surface area contributed by atoms with Crippen LogP contribution < -0.4 is 10.5 Å². The molecule has 0 aliphatic carbocycles. The lowest BCUT2D eigenvalue weighted by molar-refractivity contribution is 0.206. The van der Waals surface area contributed by atoms with Crippen LogP contribution in [0.3, 0.4) is 0 Å². The maximum atomic E-state index is 9.47. The minimum absolute atomic E-state index is 0.368. The highest BCUT2D eigenvalue weighted by molar-refractivity contribution is 5.64. The van der Waals surface area contributed by atoms with Crippen LogP contribution in [0.25, 0.3) is 11.3 Å². The van der Waals surface area contributed by atoms with Crippen LogP contribution in [0.1, 0.15) is 45.4 Å². The van der Waals surface area contributed by atoms with Crippen molar-refractivity contribution in [2.75, 3.05) is 6.61 Å². The summed E-state index contributed by atoms with van der Waals surface area (Å²) >= 11 is 0. The highest BCUT2D eigenvalue weighted by Gasteiger charge is 2.21. The van der Waals surface area contributed by atoms with Crippen LogP contribution in [0.2, 0.25) is 0 Å². The first-order valence-electron chi connectivity index (χ1n) is 8.61. The molecule has 0 unspecified atom stereocenters. The molecule has 5 nitrogen and oxygen atoms in total. The number of nitrogens with zero attached hydrogens (tertiary/aromatic N) is 3. The molecule has 0 saturated heterocycles. The van der Waals surface area contributed by atoms with Gasteiger partial charge in [-0.05, 0) is 49.9 Å². The van der Waals surface area contributed by atoms with Crippen molar-refractivity contribution >= 4 is 0 Å². The number of benzene rings is 1. The van der Waals surface area contributed by atoms with E-state index in [1.54, 1.807) is 12.4 Å². The van der Waals surface area contributed by atoms with Gasteiger partial charge in [0, 0.05) is 16.8 Å². The van der Waals surface area contributed by atoms with Crippen molar-refractivity contribution < 1.29 is 4.74 Å². The summed E-state index contributed by atoms with van der Waals surface area (Å²) in [4.78, 5) is 8.51. The third-order valence-corrected chi connectivity index (χ3v) is 3.91. The van der Waals surface area contributed by atoms with Crippen LogP contribution in [0.5, 0.6) is 5.75 Å². The number of rotatable bonds is 7. The van der Waals surface area contributed by atoms with Crippen LogP contribution in [-0.4, -0.2) is 22.1 Å². The van der Waals surface area contributed by atoms with Crippen molar-refractivity contribution in [2.24, 2.45) is 11.7 Å². The number of hydrogen-bond acceptors (Lipinski definition) is 5. The van der Waals surface area contributed by atoms with Gasteiger partial charge < -0.3 is 10.5 Å². The SMILES string of the molecule is CCc1cc(-c2ccc(OC[C@@](C)(N)CC(C)C)c(C#N)c2)ncn1. The van der Waals surface area contributed by atoms with E-state index in [-0.39, 0.29) is 0 Å². The Morgan fingerprint density at radius 2 is 2.04 bits per heavy atom. The molecule has 0 bridgehead atoms. The Bertz CT molecular complexity index is 763. The van der Waals surface area contributed by atoms with Crippen molar-refractivity contribution in [2.45, 2.75) is 46.1 Å². The Morgan fingerprint density at radius 1 is 1.28 bits per heavy atom. The third kappa shape index (κ3) is 5.27. The van der Waals surface area contributed by atoms with E-state index in [0.29, 0.717) is 23.8 Å².